The van der Waals surface area contributed by atoms with Crippen molar-refractivity contribution in [3.05, 3.63) is 0 Å². The van der Waals surface area contributed by atoms with Gasteiger partial charge in [0.2, 0.25) is 0 Å². The van der Waals surface area contributed by atoms with Gasteiger partial charge in [0.25, 0.3) is 0 Å². The number of fused-ring (bicyclic) bond motifs is 2. The lowest BCUT2D eigenvalue weighted by molar-refractivity contribution is 0.0771. The molecule has 0 aromatic rings. The fourth-order valence-corrected chi connectivity index (χ4v) is 4.05. The quantitative estimate of drug-likeness (QED) is 0.731. The molecule has 80 valence electrons. The molecule has 0 spiro atoms. The van der Waals surface area contributed by atoms with Crippen LogP contribution in [0.3, 0.4) is 0 Å². The zero-order valence-electron chi connectivity index (χ0n) is 8.69. The minimum atomic E-state index is 0.350. The topological polar surface area (TPSA) is 29.5 Å². The Kier molecular flexibility index (Phi) is 2.29. The first-order valence-corrected chi connectivity index (χ1v) is 6.16. The van der Waals surface area contributed by atoms with Gasteiger partial charge >= 0.3 is 0 Å². The molecule has 1 aliphatic carbocycles. The van der Waals surface area contributed by atoms with Crippen molar-refractivity contribution in [2.24, 2.45) is 17.8 Å². The summed E-state index contributed by atoms with van der Waals surface area (Å²) in [4.78, 5) is 0. The number of rotatable bonds is 2. The van der Waals surface area contributed by atoms with Crippen LogP contribution in [0.4, 0.5) is 0 Å². The van der Waals surface area contributed by atoms with Crippen molar-refractivity contribution in [1.29, 1.82) is 0 Å². The van der Waals surface area contributed by atoms with E-state index in [4.69, 9.17) is 4.74 Å². The van der Waals surface area contributed by atoms with Gasteiger partial charge in [-0.15, -0.1) is 0 Å². The number of hydrogen-bond acceptors (Lipinski definition) is 2. The largest absolute Gasteiger partial charge is 0.396 e. The summed E-state index contributed by atoms with van der Waals surface area (Å²) in [6.45, 7) is 0.350. The van der Waals surface area contributed by atoms with Crippen LogP contribution in [0.1, 0.15) is 38.5 Å². The summed E-state index contributed by atoms with van der Waals surface area (Å²) in [6, 6.07) is 0. The standard InChI is InChI=1S/C12H20O2/c13-7-9-10-5-6-11(14-10)12(9)8-3-1-2-4-8/h8-13H,1-7H2. The van der Waals surface area contributed by atoms with Gasteiger partial charge in [-0.25, -0.2) is 0 Å². The van der Waals surface area contributed by atoms with Gasteiger partial charge in [-0.1, -0.05) is 25.7 Å². The maximum Gasteiger partial charge on any atom is 0.0633 e. The third-order valence-corrected chi connectivity index (χ3v) is 4.64. The van der Waals surface area contributed by atoms with Gasteiger partial charge < -0.3 is 9.84 Å². The third kappa shape index (κ3) is 1.24. The Morgan fingerprint density at radius 3 is 2.43 bits per heavy atom. The normalized spacial score (nSPS) is 47.8. The first-order chi connectivity index (χ1) is 6.90. The van der Waals surface area contributed by atoms with Gasteiger partial charge in [-0.3, -0.25) is 0 Å². The zero-order valence-corrected chi connectivity index (χ0v) is 8.69. The van der Waals surface area contributed by atoms with E-state index in [9.17, 15) is 5.11 Å². The maximum absolute atomic E-state index is 9.44. The van der Waals surface area contributed by atoms with E-state index in [2.05, 4.69) is 0 Å². The Balaban J connectivity index is 1.76. The first kappa shape index (κ1) is 9.17. The highest BCUT2D eigenvalue weighted by Crippen LogP contribution is 2.50. The van der Waals surface area contributed by atoms with Crippen LogP contribution in [-0.2, 0) is 4.74 Å². The van der Waals surface area contributed by atoms with Crippen molar-refractivity contribution >= 4 is 0 Å². The van der Waals surface area contributed by atoms with Gasteiger partial charge in [0.15, 0.2) is 0 Å². The Morgan fingerprint density at radius 1 is 1.00 bits per heavy atom. The number of ether oxygens (including phenoxy) is 1. The number of aliphatic hydroxyl groups is 1. The molecule has 3 rings (SSSR count). The van der Waals surface area contributed by atoms with Gasteiger partial charge in [-0.2, -0.15) is 0 Å². The van der Waals surface area contributed by atoms with E-state index >= 15 is 0 Å². The van der Waals surface area contributed by atoms with Crippen molar-refractivity contribution < 1.29 is 9.84 Å². The second kappa shape index (κ2) is 3.49. The molecule has 0 aromatic heterocycles. The lowest BCUT2D eigenvalue weighted by atomic mass is 9.72. The maximum atomic E-state index is 9.44. The van der Waals surface area contributed by atoms with Gasteiger partial charge in [0.1, 0.15) is 0 Å². The SMILES string of the molecule is OCC1C2CCC(O2)C1C1CCCC1. The summed E-state index contributed by atoms with van der Waals surface area (Å²) < 4.78 is 5.94. The van der Waals surface area contributed by atoms with Gasteiger partial charge in [0, 0.05) is 12.5 Å². The molecule has 0 amide bonds. The summed E-state index contributed by atoms with van der Waals surface area (Å²) in [5.41, 5.74) is 0. The summed E-state index contributed by atoms with van der Waals surface area (Å²) >= 11 is 0. The molecule has 4 unspecified atom stereocenters. The average Bonchev–Trinajstić information content (AvgIpc) is 2.92. The van der Waals surface area contributed by atoms with Crippen LogP contribution in [0, 0.1) is 17.8 Å². The van der Waals surface area contributed by atoms with Crippen LogP contribution in [0.25, 0.3) is 0 Å². The minimum Gasteiger partial charge on any atom is -0.396 e. The second-order valence-electron chi connectivity index (χ2n) is 5.26. The molecule has 4 atom stereocenters. The Hall–Kier alpha value is -0.0800. The first-order valence-electron chi connectivity index (χ1n) is 6.16. The summed E-state index contributed by atoms with van der Waals surface area (Å²) in [7, 11) is 0. The van der Waals surface area contributed by atoms with E-state index in [1.165, 1.54) is 38.5 Å². The molecule has 2 heteroatoms. The van der Waals surface area contributed by atoms with E-state index in [1.807, 2.05) is 0 Å². The highest BCUT2D eigenvalue weighted by Gasteiger charge is 2.51. The van der Waals surface area contributed by atoms with Crippen LogP contribution >= 0.6 is 0 Å². The fourth-order valence-electron chi connectivity index (χ4n) is 4.05. The molecule has 2 nitrogen and oxygen atoms in total. The van der Waals surface area contributed by atoms with Crippen LogP contribution in [0.5, 0.6) is 0 Å². The monoisotopic (exact) mass is 196 g/mol. The molecular weight excluding hydrogens is 176 g/mol. The van der Waals surface area contributed by atoms with Crippen LogP contribution < -0.4 is 0 Å². The lowest BCUT2D eigenvalue weighted by Gasteiger charge is -2.31. The molecule has 1 N–H and O–H groups in total. The number of aliphatic hydroxyl groups excluding tert-OH is 1. The molecule has 1 saturated carbocycles. The van der Waals surface area contributed by atoms with Crippen LogP contribution in [0.15, 0.2) is 0 Å². The Morgan fingerprint density at radius 2 is 1.71 bits per heavy atom. The van der Waals surface area contributed by atoms with Gasteiger partial charge in [0.05, 0.1) is 12.2 Å². The van der Waals surface area contributed by atoms with E-state index in [0.717, 1.165) is 5.92 Å². The molecule has 0 aromatic carbocycles. The van der Waals surface area contributed by atoms with Crippen LogP contribution in [-0.4, -0.2) is 23.9 Å². The van der Waals surface area contributed by atoms with E-state index in [1.54, 1.807) is 0 Å². The summed E-state index contributed by atoms with van der Waals surface area (Å²) in [5.74, 6) is 2.03. The Labute approximate surface area is 85.6 Å². The molecule has 2 bridgehead atoms. The molecular formula is C12H20O2. The predicted octanol–water partition coefficient (Wildman–Crippen LogP) is 1.96. The minimum absolute atomic E-state index is 0.350. The predicted molar refractivity (Wildman–Crippen MR) is 53.9 cm³/mol. The summed E-state index contributed by atoms with van der Waals surface area (Å²) in [6.07, 6.45) is 8.91. The Bertz CT molecular complexity index is 210. The zero-order chi connectivity index (χ0) is 9.54. The van der Waals surface area contributed by atoms with E-state index in [-0.39, 0.29) is 0 Å². The molecule has 3 aliphatic rings. The molecule has 14 heavy (non-hydrogen) atoms. The van der Waals surface area contributed by atoms with Crippen molar-refractivity contribution in [3.8, 4) is 0 Å². The highest BCUT2D eigenvalue weighted by molar-refractivity contribution is 4.99. The fraction of sp³-hybridized carbons (Fsp3) is 1.00. The van der Waals surface area contributed by atoms with E-state index < -0.39 is 0 Å². The van der Waals surface area contributed by atoms with Crippen molar-refractivity contribution in [2.75, 3.05) is 6.61 Å². The van der Waals surface area contributed by atoms with Crippen molar-refractivity contribution in [3.63, 3.8) is 0 Å². The second-order valence-corrected chi connectivity index (χ2v) is 5.26. The van der Waals surface area contributed by atoms with Crippen molar-refractivity contribution in [2.45, 2.75) is 50.7 Å². The average molecular weight is 196 g/mol. The smallest absolute Gasteiger partial charge is 0.0633 e. The van der Waals surface area contributed by atoms with E-state index in [0.29, 0.717) is 30.7 Å². The molecule has 0 radical (unpaired) electrons. The third-order valence-electron chi connectivity index (χ3n) is 4.64. The molecule has 2 heterocycles. The van der Waals surface area contributed by atoms with Crippen LogP contribution in [0.2, 0.25) is 0 Å². The molecule has 2 aliphatic heterocycles. The molecule has 3 fully saturated rings. The number of hydrogen-bond donors (Lipinski definition) is 1. The molecule has 2 saturated heterocycles. The summed E-state index contributed by atoms with van der Waals surface area (Å²) in [5, 5.41) is 9.44. The highest BCUT2D eigenvalue weighted by atomic mass is 16.5. The lowest BCUT2D eigenvalue weighted by Crippen LogP contribution is -2.34. The van der Waals surface area contributed by atoms with Crippen molar-refractivity contribution in [1.82, 2.24) is 0 Å². The van der Waals surface area contributed by atoms with Gasteiger partial charge in [-0.05, 0) is 24.7 Å².